The molecule has 0 aromatic heterocycles. The van der Waals surface area contributed by atoms with Crippen LogP contribution in [-0.4, -0.2) is 50.4 Å². The van der Waals surface area contributed by atoms with Gasteiger partial charge in [0.25, 0.3) is 0 Å². The molecule has 0 atom stereocenters. The molecule has 1 aromatic carbocycles. The van der Waals surface area contributed by atoms with Gasteiger partial charge in [-0.25, -0.2) is 12.7 Å². The number of nitrogens with zero attached hydrogens (tertiary/aromatic N) is 1. The Bertz CT molecular complexity index is 719. The molecule has 0 unspecified atom stereocenters. The highest BCUT2D eigenvalue weighted by Crippen LogP contribution is 2.35. The lowest BCUT2D eigenvalue weighted by molar-refractivity contribution is -0.137. The van der Waals surface area contributed by atoms with Gasteiger partial charge in [0.1, 0.15) is 10.6 Å². The van der Waals surface area contributed by atoms with Crippen molar-refractivity contribution in [2.75, 3.05) is 26.0 Å². The SMILES string of the molecule is COc1cc(NC(C)=O)c(Cl)cc1S(=O)(=O)N(C)CCC(=O)O. The van der Waals surface area contributed by atoms with Crippen LogP contribution < -0.4 is 10.1 Å². The van der Waals surface area contributed by atoms with E-state index >= 15 is 0 Å². The molecule has 0 aliphatic rings. The first-order chi connectivity index (χ1) is 10.6. The number of carboxylic acid groups (broad SMARTS) is 1. The lowest BCUT2D eigenvalue weighted by Crippen LogP contribution is -2.29. The lowest BCUT2D eigenvalue weighted by atomic mass is 10.3. The average molecular weight is 365 g/mol. The highest BCUT2D eigenvalue weighted by molar-refractivity contribution is 7.89. The van der Waals surface area contributed by atoms with Crippen LogP contribution in [0.25, 0.3) is 0 Å². The van der Waals surface area contributed by atoms with Gasteiger partial charge in [0.15, 0.2) is 0 Å². The van der Waals surface area contributed by atoms with E-state index in [1.807, 2.05) is 0 Å². The maximum atomic E-state index is 12.5. The normalized spacial score (nSPS) is 11.3. The maximum Gasteiger partial charge on any atom is 0.304 e. The predicted octanol–water partition coefficient (Wildman–Crippen LogP) is 1.40. The van der Waals surface area contributed by atoms with Crippen LogP contribution in [0.3, 0.4) is 0 Å². The summed E-state index contributed by atoms with van der Waals surface area (Å²) in [6.07, 6.45) is -0.338. The molecule has 0 fully saturated rings. The van der Waals surface area contributed by atoms with E-state index in [-0.39, 0.29) is 40.2 Å². The molecule has 0 spiro atoms. The molecule has 1 amide bonds. The van der Waals surface area contributed by atoms with Gasteiger partial charge in [-0.15, -0.1) is 0 Å². The maximum absolute atomic E-state index is 12.5. The summed E-state index contributed by atoms with van der Waals surface area (Å²) < 4.78 is 31.0. The van der Waals surface area contributed by atoms with Gasteiger partial charge in [0, 0.05) is 26.6 Å². The van der Waals surface area contributed by atoms with E-state index in [0.29, 0.717) is 0 Å². The molecule has 10 heteroatoms. The van der Waals surface area contributed by atoms with Crippen LogP contribution in [0.2, 0.25) is 5.02 Å². The van der Waals surface area contributed by atoms with Crippen molar-refractivity contribution in [3.8, 4) is 5.75 Å². The summed E-state index contributed by atoms with van der Waals surface area (Å²) in [5, 5.41) is 11.1. The smallest absolute Gasteiger partial charge is 0.304 e. The second-order valence-electron chi connectivity index (χ2n) is 4.63. The first-order valence-electron chi connectivity index (χ1n) is 6.42. The second-order valence-corrected chi connectivity index (χ2v) is 7.05. The summed E-state index contributed by atoms with van der Waals surface area (Å²) >= 11 is 5.99. The van der Waals surface area contributed by atoms with Gasteiger partial charge in [-0.3, -0.25) is 9.59 Å². The van der Waals surface area contributed by atoms with Crippen LogP contribution in [0.15, 0.2) is 17.0 Å². The van der Waals surface area contributed by atoms with Crippen molar-refractivity contribution in [3.05, 3.63) is 17.2 Å². The highest BCUT2D eigenvalue weighted by Gasteiger charge is 2.26. The number of carboxylic acids is 1. The monoisotopic (exact) mass is 364 g/mol. The number of hydrogen-bond donors (Lipinski definition) is 2. The number of carbonyl (C=O) groups is 2. The number of benzene rings is 1. The minimum absolute atomic E-state index is 0.0136. The van der Waals surface area contributed by atoms with Crippen LogP contribution in [-0.2, 0) is 19.6 Å². The molecule has 0 radical (unpaired) electrons. The fourth-order valence-electron chi connectivity index (χ4n) is 1.72. The van der Waals surface area contributed by atoms with Gasteiger partial charge < -0.3 is 15.2 Å². The van der Waals surface area contributed by atoms with E-state index in [4.69, 9.17) is 21.4 Å². The molecule has 23 heavy (non-hydrogen) atoms. The molecule has 1 rings (SSSR count). The van der Waals surface area contributed by atoms with E-state index in [0.717, 1.165) is 10.4 Å². The third-order valence-electron chi connectivity index (χ3n) is 2.89. The Morgan fingerprint density at radius 2 is 2.00 bits per heavy atom. The zero-order chi connectivity index (χ0) is 17.8. The minimum atomic E-state index is -4.00. The number of halogens is 1. The Hall–Kier alpha value is -1.84. The van der Waals surface area contributed by atoms with Gasteiger partial charge in [0.05, 0.1) is 24.2 Å². The van der Waals surface area contributed by atoms with Gasteiger partial charge in [-0.05, 0) is 6.07 Å². The van der Waals surface area contributed by atoms with Gasteiger partial charge in [0.2, 0.25) is 15.9 Å². The van der Waals surface area contributed by atoms with Crippen molar-refractivity contribution in [1.82, 2.24) is 4.31 Å². The number of aliphatic carboxylic acids is 1. The summed E-state index contributed by atoms with van der Waals surface area (Å²) in [5.74, 6) is -1.50. The third-order valence-corrected chi connectivity index (χ3v) is 5.08. The van der Waals surface area contributed by atoms with E-state index in [9.17, 15) is 18.0 Å². The van der Waals surface area contributed by atoms with Crippen LogP contribution in [0, 0.1) is 0 Å². The van der Waals surface area contributed by atoms with Gasteiger partial charge >= 0.3 is 5.97 Å². The molecule has 0 aliphatic heterocycles. The molecule has 2 N–H and O–H groups in total. The fourth-order valence-corrected chi connectivity index (χ4v) is 3.33. The van der Waals surface area contributed by atoms with E-state index < -0.39 is 16.0 Å². The molecule has 128 valence electrons. The number of hydrogen-bond acceptors (Lipinski definition) is 5. The number of sulfonamides is 1. The fraction of sp³-hybridized carbons (Fsp3) is 0.385. The van der Waals surface area contributed by atoms with E-state index in [1.165, 1.54) is 27.1 Å². The standard InChI is InChI=1S/C13H17ClN2O6S/c1-8(17)15-10-7-11(22-3)12(6-9(10)14)23(20,21)16(2)5-4-13(18)19/h6-7H,4-5H2,1-3H3,(H,15,17)(H,18,19). The molecule has 0 heterocycles. The Morgan fingerprint density at radius 1 is 1.39 bits per heavy atom. The van der Waals surface area contributed by atoms with Gasteiger partial charge in [-0.2, -0.15) is 0 Å². The average Bonchev–Trinajstić information content (AvgIpc) is 2.45. The Balaban J connectivity index is 3.27. The third kappa shape index (κ3) is 4.81. The molecule has 0 saturated carbocycles. The zero-order valence-electron chi connectivity index (χ0n) is 12.8. The van der Waals surface area contributed by atoms with Crippen molar-refractivity contribution >= 4 is 39.2 Å². The van der Waals surface area contributed by atoms with Crippen LogP contribution >= 0.6 is 11.6 Å². The van der Waals surface area contributed by atoms with Crippen molar-refractivity contribution in [1.29, 1.82) is 0 Å². The molecule has 0 aliphatic carbocycles. The summed E-state index contributed by atoms with van der Waals surface area (Å²) in [4.78, 5) is 21.5. The molecule has 8 nitrogen and oxygen atoms in total. The van der Waals surface area contributed by atoms with E-state index in [1.54, 1.807) is 0 Å². The minimum Gasteiger partial charge on any atom is -0.495 e. The number of carbonyl (C=O) groups excluding carboxylic acids is 1. The van der Waals surface area contributed by atoms with Crippen molar-refractivity contribution in [3.63, 3.8) is 0 Å². The Labute approximate surface area is 139 Å². The summed E-state index contributed by atoms with van der Waals surface area (Å²) in [7, 11) is -1.47. The van der Waals surface area contributed by atoms with Crippen molar-refractivity contribution in [2.24, 2.45) is 0 Å². The number of nitrogens with one attached hydrogen (secondary N) is 1. The number of methoxy groups -OCH3 is 1. The van der Waals surface area contributed by atoms with Gasteiger partial charge in [-0.1, -0.05) is 11.6 Å². The van der Waals surface area contributed by atoms with Crippen molar-refractivity contribution < 1.29 is 27.9 Å². The summed E-state index contributed by atoms with van der Waals surface area (Å²) in [6.45, 7) is 1.08. The molecular weight excluding hydrogens is 348 g/mol. The highest BCUT2D eigenvalue weighted by atomic mass is 35.5. The quantitative estimate of drug-likeness (QED) is 0.756. The number of rotatable bonds is 7. The largest absolute Gasteiger partial charge is 0.495 e. The lowest BCUT2D eigenvalue weighted by Gasteiger charge is -2.19. The molecule has 1 aromatic rings. The Kier molecular flexibility index (Phi) is 6.37. The number of anilines is 1. The van der Waals surface area contributed by atoms with Crippen LogP contribution in [0.4, 0.5) is 5.69 Å². The Morgan fingerprint density at radius 3 is 2.48 bits per heavy atom. The summed E-state index contributed by atoms with van der Waals surface area (Å²) in [5.41, 5.74) is 0.211. The first kappa shape index (κ1) is 19.2. The first-order valence-corrected chi connectivity index (χ1v) is 8.24. The number of amides is 1. The zero-order valence-corrected chi connectivity index (χ0v) is 14.4. The van der Waals surface area contributed by atoms with Crippen LogP contribution in [0.1, 0.15) is 13.3 Å². The molecule has 0 saturated heterocycles. The topological polar surface area (TPSA) is 113 Å². The van der Waals surface area contributed by atoms with E-state index in [2.05, 4.69) is 5.32 Å². The summed E-state index contributed by atoms with van der Waals surface area (Å²) in [6, 6.07) is 2.44. The van der Waals surface area contributed by atoms with Crippen molar-refractivity contribution in [2.45, 2.75) is 18.2 Å². The number of ether oxygens (including phenoxy) is 1. The van der Waals surface area contributed by atoms with Crippen LogP contribution in [0.5, 0.6) is 5.75 Å². The molecule has 0 bridgehead atoms. The molecular formula is C13H17ClN2O6S. The second kappa shape index (κ2) is 7.62. The predicted molar refractivity (Wildman–Crippen MR) is 84.4 cm³/mol.